The van der Waals surface area contributed by atoms with Crippen LogP contribution in [0.25, 0.3) is 0 Å². The van der Waals surface area contributed by atoms with Crippen molar-refractivity contribution < 1.29 is 27.1 Å². The lowest BCUT2D eigenvalue weighted by atomic mass is 10.0. The van der Waals surface area contributed by atoms with E-state index in [0.717, 1.165) is 53.2 Å². The second-order valence-corrected chi connectivity index (χ2v) is 13.5. The number of hydrogen-bond acceptors (Lipinski definition) is 5. The molecule has 4 aromatic carbocycles. The molecule has 0 aromatic heterocycles. The SMILES string of the molecule is CCOc1ccc(S(=O)(=O)N(CC(=O)N(Cc2ccccc2)[C@H](Cc2ccccc2)C(=O)NC2CCCC2)c2ccc(F)cc2)cc1. The molecule has 1 saturated carbocycles. The monoisotopic (exact) mass is 657 g/mol. The highest BCUT2D eigenvalue weighted by atomic mass is 32.2. The lowest BCUT2D eigenvalue weighted by Crippen LogP contribution is -2.54. The number of benzene rings is 4. The van der Waals surface area contributed by atoms with Crippen LogP contribution in [0.3, 0.4) is 0 Å². The van der Waals surface area contributed by atoms with Crippen molar-refractivity contribution in [1.82, 2.24) is 10.2 Å². The van der Waals surface area contributed by atoms with E-state index >= 15 is 0 Å². The number of amides is 2. The topological polar surface area (TPSA) is 96.0 Å². The molecule has 1 atom stereocenters. The van der Waals surface area contributed by atoms with Crippen molar-refractivity contribution in [2.45, 2.75) is 62.6 Å². The van der Waals surface area contributed by atoms with Gasteiger partial charge in [0.1, 0.15) is 24.2 Å². The molecule has 1 aliphatic rings. The molecule has 2 amide bonds. The van der Waals surface area contributed by atoms with Gasteiger partial charge in [0.25, 0.3) is 10.0 Å². The number of carbonyl (C=O) groups excluding carboxylic acids is 2. The molecule has 0 saturated heterocycles. The lowest BCUT2D eigenvalue weighted by Gasteiger charge is -2.34. The second kappa shape index (κ2) is 15.7. The van der Waals surface area contributed by atoms with E-state index in [0.29, 0.717) is 12.4 Å². The Hall–Kier alpha value is -4.70. The number of nitrogens with zero attached hydrogens (tertiary/aromatic N) is 2. The minimum Gasteiger partial charge on any atom is -0.494 e. The van der Waals surface area contributed by atoms with Gasteiger partial charge in [-0.25, -0.2) is 12.8 Å². The van der Waals surface area contributed by atoms with Crippen LogP contribution in [0.15, 0.2) is 114 Å². The minimum absolute atomic E-state index is 0.0187. The number of hydrogen-bond donors (Lipinski definition) is 1. The summed E-state index contributed by atoms with van der Waals surface area (Å²) < 4.78 is 48.8. The Bertz CT molecular complexity index is 1710. The second-order valence-electron chi connectivity index (χ2n) is 11.6. The smallest absolute Gasteiger partial charge is 0.264 e. The standard InChI is InChI=1S/C37H40FN3O5S/c1-2-46-33-21-23-34(24-22-33)47(44,45)41(32-19-17-30(38)18-20-32)27-36(42)40(26-29-13-7-4-8-14-29)35(25-28-11-5-3-6-12-28)37(43)39-31-15-9-10-16-31/h3-8,11-14,17-24,31,35H,2,9-10,15-16,25-27H2,1H3,(H,39,43)/t35-/m1/s1. The van der Waals surface area contributed by atoms with Crippen molar-refractivity contribution in [3.8, 4) is 5.75 Å². The van der Waals surface area contributed by atoms with Gasteiger partial charge in [0.2, 0.25) is 11.8 Å². The fraction of sp³-hybridized carbons (Fsp3) is 0.297. The molecule has 1 aliphatic carbocycles. The van der Waals surface area contributed by atoms with E-state index in [1.807, 2.05) is 67.6 Å². The zero-order chi connectivity index (χ0) is 33.2. The van der Waals surface area contributed by atoms with Gasteiger partial charge in [0, 0.05) is 19.0 Å². The molecular formula is C37H40FN3O5S. The first-order chi connectivity index (χ1) is 22.7. The predicted octanol–water partition coefficient (Wildman–Crippen LogP) is 6.12. The van der Waals surface area contributed by atoms with Gasteiger partial charge in [-0.2, -0.15) is 0 Å². The van der Waals surface area contributed by atoms with Crippen molar-refractivity contribution in [2.75, 3.05) is 17.5 Å². The van der Waals surface area contributed by atoms with Crippen LogP contribution in [-0.2, 0) is 32.6 Å². The number of anilines is 1. The van der Waals surface area contributed by atoms with Crippen LogP contribution in [0, 0.1) is 5.82 Å². The Morgan fingerprint density at radius 1 is 0.851 bits per heavy atom. The molecule has 246 valence electrons. The maximum Gasteiger partial charge on any atom is 0.264 e. The molecule has 1 N–H and O–H groups in total. The summed E-state index contributed by atoms with van der Waals surface area (Å²) in [5.41, 5.74) is 1.76. The summed E-state index contributed by atoms with van der Waals surface area (Å²) in [6.07, 6.45) is 4.03. The quantitative estimate of drug-likeness (QED) is 0.176. The van der Waals surface area contributed by atoms with Crippen LogP contribution in [0.4, 0.5) is 10.1 Å². The zero-order valence-corrected chi connectivity index (χ0v) is 27.2. The summed E-state index contributed by atoms with van der Waals surface area (Å²) in [4.78, 5) is 30.0. The average Bonchev–Trinajstić information content (AvgIpc) is 3.60. The number of sulfonamides is 1. The van der Waals surface area contributed by atoms with Gasteiger partial charge in [-0.3, -0.25) is 13.9 Å². The van der Waals surface area contributed by atoms with E-state index in [1.165, 1.54) is 29.2 Å². The van der Waals surface area contributed by atoms with Crippen LogP contribution in [-0.4, -0.2) is 50.4 Å². The molecular weight excluding hydrogens is 617 g/mol. The Morgan fingerprint density at radius 2 is 1.45 bits per heavy atom. The molecule has 0 bridgehead atoms. The molecule has 0 unspecified atom stereocenters. The molecule has 5 rings (SSSR count). The number of halogens is 1. The third-order valence-electron chi connectivity index (χ3n) is 8.28. The van der Waals surface area contributed by atoms with Crippen LogP contribution in [0.2, 0.25) is 0 Å². The highest BCUT2D eigenvalue weighted by molar-refractivity contribution is 7.92. The Balaban J connectivity index is 1.54. The van der Waals surface area contributed by atoms with E-state index in [-0.39, 0.29) is 35.5 Å². The third kappa shape index (κ3) is 8.77. The lowest BCUT2D eigenvalue weighted by molar-refractivity contribution is -0.140. The summed E-state index contributed by atoms with van der Waals surface area (Å²) in [5, 5.41) is 3.17. The van der Waals surface area contributed by atoms with Crippen molar-refractivity contribution in [1.29, 1.82) is 0 Å². The average molecular weight is 658 g/mol. The molecule has 0 spiro atoms. The van der Waals surface area contributed by atoms with E-state index in [9.17, 15) is 22.4 Å². The molecule has 1 fully saturated rings. The fourth-order valence-electron chi connectivity index (χ4n) is 5.84. The van der Waals surface area contributed by atoms with Gasteiger partial charge in [-0.15, -0.1) is 0 Å². The van der Waals surface area contributed by atoms with E-state index in [4.69, 9.17) is 4.74 Å². The van der Waals surface area contributed by atoms with Gasteiger partial charge in [0.15, 0.2) is 0 Å². The zero-order valence-electron chi connectivity index (χ0n) is 26.4. The summed E-state index contributed by atoms with van der Waals surface area (Å²) in [6.45, 7) is 1.70. The van der Waals surface area contributed by atoms with Gasteiger partial charge < -0.3 is 15.0 Å². The number of ether oxygens (including phenoxy) is 1. The molecule has 8 nitrogen and oxygen atoms in total. The molecule has 4 aromatic rings. The maximum absolute atomic E-state index is 14.5. The summed E-state index contributed by atoms with van der Waals surface area (Å²) in [6, 6.07) is 28.7. The predicted molar refractivity (Wildman–Crippen MR) is 180 cm³/mol. The van der Waals surface area contributed by atoms with Crippen molar-refractivity contribution >= 4 is 27.5 Å². The summed E-state index contributed by atoms with van der Waals surface area (Å²) in [5.74, 6) is -0.902. The van der Waals surface area contributed by atoms with Crippen LogP contribution in [0.5, 0.6) is 5.75 Å². The first-order valence-corrected chi connectivity index (χ1v) is 17.4. The van der Waals surface area contributed by atoms with Gasteiger partial charge in [-0.1, -0.05) is 73.5 Å². The van der Waals surface area contributed by atoms with Crippen molar-refractivity contribution in [2.24, 2.45) is 0 Å². The first kappa shape index (κ1) is 33.7. The van der Waals surface area contributed by atoms with Crippen molar-refractivity contribution in [3.63, 3.8) is 0 Å². The fourth-order valence-corrected chi connectivity index (χ4v) is 7.25. The van der Waals surface area contributed by atoms with Crippen molar-refractivity contribution in [3.05, 3.63) is 126 Å². The molecule has 10 heteroatoms. The molecule has 47 heavy (non-hydrogen) atoms. The highest BCUT2D eigenvalue weighted by Gasteiger charge is 2.35. The van der Waals surface area contributed by atoms with Gasteiger partial charge in [-0.05, 0) is 79.4 Å². The van der Waals surface area contributed by atoms with E-state index < -0.39 is 34.3 Å². The van der Waals surface area contributed by atoms with Crippen LogP contribution in [0.1, 0.15) is 43.7 Å². The summed E-state index contributed by atoms with van der Waals surface area (Å²) >= 11 is 0. The Kier molecular flexibility index (Phi) is 11.3. The normalized spacial score (nSPS) is 13.9. The Labute approximate surface area is 276 Å². The number of carbonyl (C=O) groups is 2. The Morgan fingerprint density at radius 3 is 2.04 bits per heavy atom. The van der Waals surface area contributed by atoms with Crippen LogP contribution < -0.4 is 14.4 Å². The van der Waals surface area contributed by atoms with E-state index in [2.05, 4.69) is 5.32 Å². The van der Waals surface area contributed by atoms with Gasteiger partial charge in [0.05, 0.1) is 17.2 Å². The largest absolute Gasteiger partial charge is 0.494 e. The number of rotatable bonds is 14. The third-order valence-corrected chi connectivity index (χ3v) is 10.1. The van der Waals surface area contributed by atoms with Gasteiger partial charge >= 0.3 is 0 Å². The molecule has 0 aliphatic heterocycles. The summed E-state index contributed by atoms with van der Waals surface area (Å²) in [7, 11) is -4.32. The molecule has 0 radical (unpaired) electrons. The number of nitrogens with one attached hydrogen (secondary N) is 1. The highest BCUT2D eigenvalue weighted by Crippen LogP contribution is 2.27. The molecule has 0 heterocycles. The first-order valence-electron chi connectivity index (χ1n) is 15.9. The minimum atomic E-state index is -4.32. The van der Waals surface area contributed by atoms with E-state index in [1.54, 1.807) is 12.1 Å². The van der Waals surface area contributed by atoms with Crippen LogP contribution >= 0.6 is 0 Å². The maximum atomic E-state index is 14.5.